The van der Waals surface area contributed by atoms with Gasteiger partial charge in [0.25, 0.3) is 0 Å². The van der Waals surface area contributed by atoms with Gasteiger partial charge in [0.15, 0.2) is 0 Å². The summed E-state index contributed by atoms with van der Waals surface area (Å²) in [7, 11) is 0. The van der Waals surface area contributed by atoms with E-state index < -0.39 is 23.2 Å². The second-order valence-electron chi connectivity index (χ2n) is 3.62. The molecule has 0 amide bonds. The first-order valence-electron chi connectivity index (χ1n) is 4.97. The van der Waals surface area contributed by atoms with Crippen LogP contribution in [0.5, 0.6) is 0 Å². The zero-order chi connectivity index (χ0) is 13.3. The molecule has 1 N–H and O–H groups in total. The second-order valence-corrected chi connectivity index (χ2v) is 4.54. The fraction of sp³-hybridized carbons (Fsp3) is 0. The second kappa shape index (κ2) is 4.86. The van der Waals surface area contributed by atoms with Crippen molar-refractivity contribution in [2.75, 3.05) is 0 Å². The zero-order valence-corrected chi connectivity index (χ0v) is 10.5. The predicted molar refractivity (Wildman–Crippen MR) is 66.5 cm³/mol. The monoisotopic (exact) mass is 312 g/mol. The molecule has 2 aromatic rings. The molecule has 0 radical (unpaired) electrons. The van der Waals surface area contributed by atoms with Gasteiger partial charge in [-0.1, -0.05) is 22.0 Å². The van der Waals surface area contributed by atoms with Gasteiger partial charge in [-0.2, -0.15) is 0 Å². The summed E-state index contributed by atoms with van der Waals surface area (Å²) in [6, 6.07) is 7.76. The maximum absolute atomic E-state index is 13.6. The highest BCUT2D eigenvalue weighted by Gasteiger charge is 2.13. The van der Waals surface area contributed by atoms with Gasteiger partial charge in [0.05, 0.1) is 5.56 Å². The molecule has 0 saturated carbocycles. The summed E-state index contributed by atoms with van der Waals surface area (Å²) in [6.07, 6.45) is 0. The Bertz CT molecular complexity index is 626. The lowest BCUT2D eigenvalue weighted by atomic mass is 10.0. The molecule has 0 spiro atoms. The topological polar surface area (TPSA) is 37.3 Å². The molecule has 0 aliphatic carbocycles. The molecular weight excluding hydrogens is 306 g/mol. The molecular formula is C13H7BrF2O2. The van der Waals surface area contributed by atoms with E-state index in [1.165, 1.54) is 24.3 Å². The van der Waals surface area contributed by atoms with Crippen LogP contribution in [-0.4, -0.2) is 11.1 Å². The molecule has 2 nitrogen and oxygen atoms in total. The van der Waals surface area contributed by atoms with E-state index >= 15 is 0 Å². The number of benzene rings is 2. The molecule has 2 aromatic carbocycles. The molecule has 2 rings (SSSR count). The molecule has 0 aliphatic heterocycles. The number of halogens is 3. The van der Waals surface area contributed by atoms with Gasteiger partial charge in [-0.3, -0.25) is 0 Å². The zero-order valence-electron chi connectivity index (χ0n) is 8.95. The summed E-state index contributed by atoms with van der Waals surface area (Å²) in [5.41, 5.74) is 0.0475. The molecule has 0 bridgehead atoms. The van der Waals surface area contributed by atoms with Crippen molar-refractivity contribution in [1.29, 1.82) is 0 Å². The van der Waals surface area contributed by atoms with Crippen molar-refractivity contribution in [3.8, 4) is 11.1 Å². The van der Waals surface area contributed by atoms with Gasteiger partial charge in [-0.15, -0.1) is 0 Å². The summed E-state index contributed by atoms with van der Waals surface area (Å²) in [5.74, 6) is -2.73. The fourth-order valence-electron chi connectivity index (χ4n) is 1.58. The molecule has 0 aromatic heterocycles. The Kier molecular flexibility index (Phi) is 3.43. The summed E-state index contributed by atoms with van der Waals surface area (Å²) < 4.78 is 27.5. The highest BCUT2D eigenvalue weighted by atomic mass is 79.9. The Labute approximate surface area is 110 Å². The maximum atomic E-state index is 13.6. The minimum atomic E-state index is -1.38. The predicted octanol–water partition coefficient (Wildman–Crippen LogP) is 4.09. The molecule has 0 fully saturated rings. The Balaban J connectivity index is 2.61. The van der Waals surface area contributed by atoms with Crippen LogP contribution in [0.15, 0.2) is 40.9 Å². The van der Waals surface area contributed by atoms with Crippen LogP contribution in [0.1, 0.15) is 10.4 Å². The highest BCUT2D eigenvalue weighted by molar-refractivity contribution is 9.10. The van der Waals surface area contributed by atoms with Crippen molar-refractivity contribution in [3.05, 3.63) is 58.1 Å². The van der Waals surface area contributed by atoms with Crippen molar-refractivity contribution < 1.29 is 18.7 Å². The Morgan fingerprint density at radius 3 is 2.39 bits per heavy atom. The average Bonchev–Trinajstić information content (AvgIpc) is 2.33. The van der Waals surface area contributed by atoms with Gasteiger partial charge in [-0.05, 0) is 35.9 Å². The van der Waals surface area contributed by atoms with Gasteiger partial charge < -0.3 is 5.11 Å². The molecule has 0 atom stereocenters. The third-order valence-electron chi connectivity index (χ3n) is 2.44. The minimum Gasteiger partial charge on any atom is -0.478 e. The van der Waals surface area contributed by atoms with Gasteiger partial charge in [0.1, 0.15) is 11.6 Å². The van der Waals surface area contributed by atoms with E-state index in [2.05, 4.69) is 15.9 Å². The van der Waals surface area contributed by atoms with E-state index in [-0.39, 0.29) is 5.56 Å². The van der Waals surface area contributed by atoms with Crippen molar-refractivity contribution in [2.24, 2.45) is 0 Å². The number of carboxylic acid groups (broad SMARTS) is 1. The average molecular weight is 313 g/mol. The van der Waals surface area contributed by atoms with Crippen LogP contribution >= 0.6 is 15.9 Å². The maximum Gasteiger partial charge on any atom is 0.338 e. The highest BCUT2D eigenvalue weighted by Crippen LogP contribution is 2.27. The van der Waals surface area contributed by atoms with Gasteiger partial charge in [0, 0.05) is 10.0 Å². The van der Waals surface area contributed by atoms with E-state index in [0.29, 0.717) is 10.0 Å². The smallest absolute Gasteiger partial charge is 0.338 e. The van der Waals surface area contributed by atoms with Crippen LogP contribution in [0.4, 0.5) is 8.78 Å². The first-order valence-corrected chi connectivity index (χ1v) is 5.76. The quantitative estimate of drug-likeness (QED) is 0.906. The molecule has 0 unspecified atom stereocenters. The summed E-state index contributed by atoms with van der Waals surface area (Å²) in [6.45, 7) is 0. The summed E-state index contributed by atoms with van der Waals surface area (Å²) in [4.78, 5) is 10.8. The lowest BCUT2D eigenvalue weighted by Crippen LogP contribution is -2.00. The summed E-state index contributed by atoms with van der Waals surface area (Å²) >= 11 is 3.20. The van der Waals surface area contributed by atoms with Gasteiger partial charge >= 0.3 is 5.97 Å². The van der Waals surface area contributed by atoms with Crippen LogP contribution in [0.25, 0.3) is 11.1 Å². The number of carboxylic acids is 1. The molecule has 5 heteroatoms. The lowest BCUT2D eigenvalue weighted by Gasteiger charge is -2.06. The van der Waals surface area contributed by atoms with Crippen LogP contribution in [0, 0.1) is 11.6 Å². The standard InChI is InChI=1S/C13H7BrF2O2/c14-8-2-4-11(15)9(6-8)7-1-3-12(16)10(5-7)13(17)18/h1-6H,(H,17,18). The number of rotatable bonds is 2. The number of aromatic carboxylic acids is 1. The van der Waals surface area contributed by atoms with Crippen molar-refractivity contribution >= 4 is 21.9 Å². The number of hydrogen-bond donors (Lipinski definition) is 1. The first kappa shape index (κ1) is 12.7. The third kappa shape index (κ3) is 2.41. The summed E-state index contributed by atoms with van der Waals surface area (Å²) in [5, 5.41) is 8.82. The largest absolute Gasteiger partial charge is 0.478 e. The number of hydrogen-bond acceptors (Lipinski definition) is 1. The van der Waals surface area contributed by atoms with E-state index in [0.717, 1.165) is 12.1 Å². The molecule has 18 heavy (non-hydrogen) atoms. The van der Waals surface area contributed by atoms with Crippen LogP contribution in [-0.2, 0) is 0 Å². The van der Waals surface area contributed by atoms with E-state index in [9.17, 15) is 13.6 Å². The van der Waals surface area contributed by atoms with Crippen LogP contribution in [0.3, 0.4) is 0 Å². The molecule has 0 aliphatic rings. The third-order valence-corrected chi connectivity index (χ3v) is 2.93. The van der Waals surface area contributed by atoms with E-state index in [1.807, 2.05) is 0 Å². The van der Waals surface area contributed by atoms with Gasteiger partial charge in [-0.25, -0.2) is 13.6 Å². The molecule has 0 heterocycles. The van der Waals surface area contributed by atoms with Crippen molar-refractivity contribution in [3.63, 3.8) is 0 Å². The van der Waals surface area contributed by atoms with E-state index in [4.69, 9.17) is 5.11 Å². The van der Waals surface area contributed by atoms with Gasteiger partial charge in [0.2, 0.25) is 0 Å². The molecule has 92 valence electrons. The normalized spacial score (nSPS) is 10.4. The molecule has 0 saturated heterocycles. The SMILES string of the molecule is O=C(O)c1cc(-c2cc(Br)ccc2F)ccc1F. The fourth-order valence-corrected chi connectivity index (χ4v) is 1.94. The van der Waals surface area contributed by atoms with Crippen LogP contribution in [0.2, 0.25) is 0 Å². The Hall–Kier alpha value is -1.75. The number of carbonyl (C=O) groups is 1. The Morgan fingerprint density at radius 2 is 1.72 bits per heavy atom. The van der Waals surface area contributed by atoms with E-state index in [1.54, 1.807) is 0 Å². The minimum absolute atomic E-state index is 0.215. The van der Waals surface area contributed by atoms with Crippen molar-refractivity contribution in [1.82, 2.24) is 0 Å². The first-order chi connectivity index (χ1) is 8.49. The lowest BCUT2D eigenvalue weighted by molar-refractivity contribution is 0.0692. The Morgan fingerprint density at radius 1 is 1.06 bits per heavy atom. The van der Waals surface area contributed by atoms with Crippen LogP contribution < -0.4 is 0 Å². The van der Waals surface area contributed by atoms with Crippen molar-refractivity contribution in [2.45, 2.75) is 0 Å².